The Hall–Kier alpha value is -1.19. The molecule has 0 bridgehead atoms. The van der Waals surface area contributed by atoms with E-state index in [0.29, 0.717) is 8.34 Å². The molecule has 1 nitrogen and oxygen atoms in total. The molecule has 2 atom stereocenters. The average Bonchev–Trinajstić information content (AvgIpc) is 3.22. The lowest BCUT2D eigenvalue weighted by molar-refractivity contribution is 0.359. The van der Waals surface area contributed by atoms with Crippen LogP contribution < -0.4 is 20.7 Å². The van der Waals surface area contributed by atoms with E-state index in [2.05, 4.69) is 96.7 Å². The summed E-state index contributed by atoms with van der Waals surface area (Å²) in [4.78, 5) is 0. The van der Waals surface area contributed by atoms with Crippen molar-refractivity contribution >= 4 is 50.0 Å². The number of hydrogen-bond donors (Lipinski definition) is 0. The predicted molar refractivity (Wildman–Crippen MR) is 122 cm³/mol. The van der Waals surface area contributed by atoms with Crippen molar-refractivity contribution in [1.29, 1.82) is 2.67 Å². The summed E-state index contributed by atoms with van der Waals surface area (Å²) in [5.41, 5.74) is 1.34. The molecule has 25 heavy (non-hydrogen) atoms. The van der Waals surface area contributed by atoms with Gasteiger partial charge in [0.15, 0.2) is 0 Å². The van der Waals surface area contributed by atoms with Gasteiger partial charge in [-0.25, -0.2) is 0 Å². The fraction of sp³-hybridized carbons (Fsp3) is 0.100. The Morgan fingerprint density at radius 2 is 1.40 bits per heavy atom. The van der Waals surface area contributed by atoms with E-state index in [4.69, 9.17) is 7.41 Å². The molecule has 0 spiro atoms. The zero-order chi connectivity index (χ0) is 19.5. The van der Waals surface area contributed by atoms with Crippen molar-refractivity contribution in [3.8, 4) is 5.75 Å². The molecule has 0 amide bonds. The molecular weight excluding hydrogens is 360 g/mol. The molecule has 2 unspecified atom stereocenters. The fourth-order valence-electron chi connectivity index (χ4n) is 2.96. The lowest BCUT2D eigenvalue weighted by atomic mass is 10.2. The van der Waals surface area contributed by atoms with Crippen LogP contribution in [-0.2, 0) is 6.42 Å². The molecule has 0 aliphatic carbocycles. The standard InChI is InChI=1S/C20H17OP.BH2.H4P2/c1-3-9-17(10-4-1)22(18-11-5-2-6-12-18)19-13-7-8-16-14-15-21-20(16)19;;1-2/h1-13H,14-15H2;1H2;1-2H2/i;1D2;. The summed E-state index contributed by atoms with van der Waals surface area (Å²) in [6.07, 6.45) is 1.02. The van der Waals surface area contributed by atoms with Gasteiger partial charge < -0.3 is 4.74 Å². The van der Waals surface area contributed by atoms with Gasteiger partial charge in [0.25, 0.3) is 0 Å². The highest BCUT2D eigenvalue weighted by atomic mass is 32.0. The second-order valence-corrected chi connectivity index (χ2v) is 7.56. The van der Waals surface area contributed by atoms with Crippen LogP contribution in [0.4, 0.5) is 0 Å². The monoisotopic (exact) mass is 385 g/mol. The number of rotatable bonds is 3. The van der Waals surface area contributed by atoms with Gasteiger partial charge in [-0.05, 0) is 26.8 Å². The first kappa shape index (κ1) is 17.2. The Kier molecular flexibility index (Phi) is 6.95. The summed E-state index contributed by atoms with van der Waals surface area (Å²) in [6.45, 7) is 0.805. The highest BCUT2D eigenvalue weighted by molar-refractivity contribution is 7.92. The molecule has 0 N–H and O–H groups in total. The van der Waals surface area contributed by atoms with Crippen molar-refractivity contribution in [3.05, 3.63) is 84.4 Å². The van der Waals surface area contributed by atoms with Gasteiger partial charge in [-0.2, -0.15) is 0 Å². The first-order chi connectivity index (χ1) is 13.3. The molecular formula is C20H23BOP3. The van der Waals surface area contributed by atoms with Gasteiger partial charge in [0.05, 0.1) is 14.9 Å². The lowest BCUT2D eigenvalue weighted by Gasteiger charge is -2.21. The third kappa shape index (κ3) is 4.51. The summed E-state index contributed by atoms with van der Waals surface area (Å²) < 4.78 is 17.5. The Balaban J connectivity index is 0.000000478. The Morgan fingerprint density at radius 3 is 1.96 bits per heavy atom. The SMILES string of the molecule is PP.[2H][B][2H].c1ccc(P(c2ccccc2)c2cccc3c2OCC3)cc1. The normalized spacial score (nSPS) is 12.3. The van der Waals surface area contributed by atoms with E-state index >= 15 is 0 Å². The molecule has 3 aromatic rings. The van der Waals surface area contributed by atoms with Crippen LogP contribution in [0.5, 0.6) is 5.75 Å². The van der Waals surface area contributed by atoms with Crippen molar-refractivity contribution in [3.63, 3.8) is 0 Å². The predicted octanol–water partition coefficient (Wildman–Crippen LogP) is 3.12. The maximum atomic E-state index is 5.97. The van der Waals surface area contributed by atoms with E-state index in [-0.39, 0.29) is 0 Å². The molecule has 127 valence electrons. The van der Waals surface area contributed by atoms with E-state index in [1.807, 2.05) is 0 Å². The summed E-state index contributed by atoms with van der Waals surface area (Å²) in [5.74, 6) is 1.11. The molecule has 0 aromatic heterocycles. The van der Waals surface area contributed by atoms with Gasteiger partial charge in [-0.1, -0.05) is 78.9 Å². The summed E-state index contributed by atoms with van der Waals surface area (Å²) >= 11 is 0. The fourth-order valence-corrected chi connectivity index (χ4v) is 5.40. The van der Waals surface area contributed by atoms with E-state index < -0.39 is 7.92 Å². The second kappa shape index (κ2) is 10.1. The minimum atomic E-state index is -0.574. The molecule has 1 radical (unpaired) electrons. The molecule has 0 fully saturated rings. The maximum Gasteiger partial charge on any atom is 0.130 e. The van der Waals surface area contributed by atoms with Gasteiger partial charge in [0.2, 0.25) is 0 Å². The summed E-state index contributed by atoms with van der Waals surface area (Å²) in [6, 6.07) is 28.2. The van der Waals surface area contributed by atoms with Crippen LogP contribution in [0.15, 0.2) is 78.9 Å². The molecule has 1 heterocycles. The molecule has 1 aliphatic heterocycles. The van der Waals surface area contributed by atoms with Crippen LogP contribution in [0.25, 0.3) is 0 Å². The van der Waals surface area contributed by atoms with E-state index in [1.54, 1.807) is 0 Å². The number of hydrogen-bond acceptors (Lipinski definition) is 1. The molecule has 0 saturated heterocycles. The van der Waals surface area contributed by atoms with E-state index in [9.17, 15) is 0 Å². The van der Waals surface area contributed by atoms with Gasteiger partial charge >= 0.3 is 0 Å². The van der Waals surface area contributed by atoms with Crippen molar-refractivity contribution in [1.82, 2.24) is 0 Å². The third-order valence-corrected chi connectivity index (χ3v) is 6.43. The van der Waals surface area contributed by atoms with Crippen molar-refractivity contribution in [2.24, 2.45) is 0 Å². The first-order valence-corrected chi connectivity index (χ1v) is 11.9. The molecule has 1 aliphatic rings. The largest absolute Gasteiger partial charge is 0.492 e. The molecule has 4 rings (SSSR count). The Bertz CT molecular complexity index is 767. The number of ether oxygens (including phenoxy) is 1. The third-order valence-electron chi connectivity index (χ3n) is 3.96. The number of benzene rings is 3. The maximum absolute atomic E-state index is 5.97. The van der Waals surface area contributed by atoms with Crippen LogP contribution >= 0.6 is 25.8 Å². The minimum Gasteiger partial charge on any atom is -0.492 e. The summed E-state index contributed by atoms with van der Waals surface area (Å²) in [7, 11) is 4.59. The van der Waals surface area contributed by atoms with Crippen molar-refractivity contribution < 1.29 is 4.74 Å². The van der Waals surface area contributed by atoms with Gasteiger partial charge in [-0.3, -0.25) is 0 Å². The highest BCUT2D eigenvalue weighted by Gasteiger charge is 2.24. The first-order valence-electron chi connectivity index (χ1n) is 9.07. The van der Waals surface area contributed by atoms with Crippen LogP contribution in [0.2, 0.25) is 0 Å². The van der Waals surface area contributed by atoms with E-state index in [1.165, 1.54) is 21.5 Å². The van der Waals surface area contributed by atoms with Crippen LogP contribution in [-0.4, -0.2) is 17.6 Å². The number of para-hydroxylation sites is 1. The molecule has 3 aromatic carbocycles. The van der Waals surface area contributed by atoms with Crippen molar-refractivity contribution in [2.75, 3.05) is 6.61 Å². The van der Waals surface area contributed by atoms with Gasteiger partial charge in [-0.15, -0.1) is 17.9 Å². The number of fused-ring (bicyclic) bond motifs is 1. The quantitative estimate of drug-likeness (QED) is 0.498. The minimum absolute atomic E-state index is 0.500. The van der Waals surface area contributed by atoms with Gasteiger partial charge in [0, 0.05) is 11.7 Å². The van der Waals surface area contributed by atoms with Gasteiger partial charge in [0.1, 0.15) is 5.75 Å². The Labute approximate surface area is 160 Å². The second-order valence-electron chi connectivity index (χ2n) is 5.37. The topological polar surface area (TPSA) is 9.23 Å². The lowest BCUT2D eigenvalue weighted by Crippen LogP contribution is -2.21. The molecule has 0 saturated carbocycles. The molecule has 5 heteroatoms. The smallest absolute Gasteiger partial charge is 0.130 e. The van der Waals surface area contributed by atoms with Crippen molar-refractivity contribution in [2.45, 2.75) is 6.42 Å². The highest BCUT2D eigenvalue weighted by Crippen LogP contribution is 2.39. The Morgan fingerprint density at radius 1 is 0.840 bits per heavy atom. The van der Waals surface area contributed by atoms with Crippen LogP contribution in [0.1, 0.15) is 5.56 Å². The zero-order valence-electron chi connectivity index (χ0n) is 16.0. The van der Waals surface area contributed by atoms with Crippen LogP contribution in [0, 0.1) is 0 Å². The average molecular weight is 385 g/mol. The van der Waals surface area contributed by atoms with Crippen LogP contribution in [0.3, 0.4) is 0 Å². The zero-order valence-corrected chi connectivity index (χ0v) is 17.2. The van der Waals surface area contributed by atoms with E-state index in [0.717, 1.165) is 18.8 Å². The summed E-state index contributed by atoms with van der Waals surface area (Å²) in [5, 5.41) is 4.07.